The van der Waals surface area contributed by atoms with Crippen LogP contribution < -0.4 is 4.74 Å². The van der Waals surface area contributed by atoms with E-state index in [1.165, 1.54) is 16.7 Å². The van der Waals surface area contributed by atoms with E-state index in [0.717, 1.165) is 5.75 Å². The molecule has 1 aromatic carbocycles. The van der Waals surface area contributed by atoms with Crippen LogP contribution in [0.4, 0.5) is 0 Å². The minimum absolute atomic E-state index is 0.0589. The Kier molecular flexibility index (Phi) is 2.51. The SMILES string of the molecule is COc1ccc2c(c1)C=C(CCl)C2(C)C. The maximum absolute atomic E-state index is 5.96. The molecule has 0 radical (unpaired) electrons. The van der Waals surface area contributed by atoms with Crippen molar-refractivity contribution in [2.24, 2.45) is 0 Å². The predicted molar refractivity (Wildman–Crippen MR) is 64.7 cm³/mol. The highest BCUT2D eigenvalue weighted by Gasteiger charge is 2.32. The van der Waals surface area contributed by atoms with Gasteiger partial charge in [-0.1, -0.05) is 26.0 Å². The third kappa shape index (κ3) is 1.55. The first-order valence-corrected chi connectivity index (χ1v) is 5.58. The summed E-state index contributed by atoms with van der Waals surface area (Å²) in [5, 5.41) is 0. The second-order valence-electron chi connectivity index (χ2n) is 4.38. The Labute approximate surface area is 95.7 Å². The van der Waals surface area contributed by atoms with Crippen LogP contribution in [0.3, 0.4) is 0 Å². The molecule has 2 rings (SSSR count). The van der Waals surface area contributed by atoms with E-state index in [1.807, 2.05) is 6.07 Å². The Bertz CT molecular complexity index is 419. The van der Waals surface area contributed by atoms with Gasteiger partial charge < -0.3 is 4.74 Å². The quantitative estimate of drug-likeness (QED) is 0.695. The number of benzene rings is 1. The average molecular weight is 223 g/mol. The maximum atomic E-state index is 5.96. The molecule has 2 heteroatoms. The van der Waals surface area contributed by atoms with Gasteiger partial charge in [0.15, 0.2) is 0 Å². The second-order valence-corrected chi connectivity index (χ2v) is 4.65. The molecule has 0 bridgehead atoms. The summed E-state index contributed by atoms with van der Waals surface area (Å²) in [6.45, 7) is 4.42. The van der Waals surface area contributed by atoms with Crippen LogP contribution in [0.2, 0.25) is 0 Å². The van der Waals surface area contributed by atoms with Crippen LogP contribution in [0, 0.1) is 0 Å². The summed E-state index contributed by atoms with van der Waals surface area (Å²) in [6, 6.07) is 6.20. The summed E-state index contributed by atoms with van der Waals surface area (Å²) in [4.78, 5) is 0. The van der Waals surface area contributed by atoms with E-state index in [4.69, 9.17) is 16.3 Å². The molecule has 0 N–H and O–H groups in total. The fourth-order valence-corrected chi connectivity index (χ4v) is 2.51. The van der Waals surface area contributed by atoms with Crippen LogP contribution in [0.1, 0.15) is 25.0 Å². The Balaban J connectivity index is 2.53. The van der Waals surface area contributed by atoms with Gasteiger partial charge in [0.25, 0.3) is 0 Å². The molecule has 80 valence electrons. The van der Waals surface area contributed by atoms with E-state index in [0.29, 0.717) is 5.88 Å². The molecule has 0 unspecified atom stereocenters. The first-order valence-electron chi connectivity index (χ1n) is 5.05. The minimum Gasteiger partial charge on any atom is -0.497 e. The Morgan fingerprint density at radius 1 is 1.33 bits per heavy atom. The molecule has 0 saturated heterocycles. The molecule has 1 nitrogen and oxygen atoms in total. The molecule has 1 aliphatic rings. The fraction of sp³-hybridized carbons (Fsp3) is 0.385. The zero-order valence-corrected chi connectivity index (χ0v) is 10.1. The highest BCUT2D eigenvalue weighted by Crippen LogP contribution is 2.42. The molecule has 0 spiro atoms. The number of methoxy groups -OCH3 is 1. The van der Waals surface area contributed by atoms with Gasteiger partial charge in [0, 0.05) is 11.3 Å². The number of hydrogen-bond donors (Lipinski definition) is 0. The third-order valence-corrected chi connectivity index (χ3v) is 3.50. The van der Waals surface area contributed by atoms with Crippen molar-refractivity contribution in [1.29, 1.82) is 0 Å². The predicted octanol–water partition coefficient (Wildman–Crippen LogP) is 3.61. The van der Waals surface area contributed by atoms with Crippen LogP contribution in [0.25, 0.3) is 6.08 Å². The molecule has 15 heavy (non-hydrogen) atoms. The van der Waals surface area contributed by atoms with Crippen molar-refractivity contribution in [1.82, 2.24) is 0 Å². The monoisotopic (exact) mass is 222 g/mol. The number of fused-ring (bicyclic) bond motifs is 1. The van der Waals surface area contributed by atoms with Crippen molar-refractivity contribution in [2.75, 3.05) is 13.0 Å². The highest BCUT2D eigenvalue weighted by atomic mass is 35.5. The summed E-state index contributed by atoms with van der Waals surface area (Å²) in [6.07, 6.45) is 2.17. The molecule has 1 aliphatic carbocycles. The van der Waals surface area contributed by atoms with Crippen LogP contribution in [0.15, 0.2) is 23.8 Å². The molecule has 0 amide bonds. The van der Waals surface area contributed by atoms with Gasteiger partial charge >= 0.3 is 0 Å². The van der Waals surface area contributed by atoms with Crippen LogP contribution >= 0.6 is 11.6 Å². The van der Waals surface area contributed by atoms with Gasteiger partial charge in [0.2, 0.25) is 0 Å². The van der Waals surface area contributed by atoms with E-state index < -0.39 is 0 Å². The first kappa shape index (κ1) is 10.6. The number of alkyl halides is 1. The van der Waals surface area contributed by atoms with Gasteiger partial charge in [-0.25, -0.2) is 0 Å². The van der Waals surface area contributed by atoms with E-state index in [2.05, 4.69) is 32.1 Å². The van der Waals surface area contributed by atoms with E-state index in [1.54, 1.807) is 7.11 Å². The molecule has 0 heterocycles. The van der Waals surface area contributed by atoms with Crippen molar-refractivity contribution in [2.45, 2.75) is 19.3 Å². The van der Waals surface area contributed by atoms with Crippen molar-refractivity contribution in [3.8, 4) is 5.75 Å². The Morgan fingerprint density at radius 2 is 2.07 bits per heavy atom. The molecule has 1 aromatic rings. The highest BCUT2D eigenvalue weighted by molar-refractivity contribution is 6.20. The lowest BCUT2D eigenvalue weighted by Gasteiger charge is -2.23. The van der Waals surface area contributed by atoms with Crippen LogP contribution in [-0.4, -0.2) is 13.0 Å². The number of allylic oxidation sites excluding steroid dienone is 1. The fourth-order valence-electron chi connectivity index (χ4n) is 2.10. The van der Waals surface area contributed by atoms with Gasteiger partial charge in [-0.3, -0.25) is 0 Å². The summed E-state index contributed by atoms with van der Waals surface area (Å²) in [5.74, 6) is 1.49. The van der Waals surface area contributed by atoms with Gasteiger partial charge in [-0.2, -0.15) is 0 Å². The molecular formula is C13H15ClO. The van der Waals surface area contributed by atoms with Gasteiger partial charge in [0.1, 0.15) is 5.75 Å². The maximum Gasteiger partial charge on any atom is 0.119 e. The first-order chi connectivity index (χ1) is 7.09. The smallest absolute Gasteiger partial charge is 0.119 e. The zero-order chi connectivity index (χ0) is 11.1. The summed E-state index contributed by atoms with van der Waals surface area (Å²) < 4.78 is 5.21. The lowest BCUT2D eigenvalue weighted by molar-refractivity contribution is 0.414. The Morgan fingerprint density at radius 3 is 2.67 bits per heavy atom. The van der Waals surface area contributed by atoms with Crippen molar-refractivity contribution in [3.63, 3.8) is 0 Å². The molecule has 0 aliphatic heterocycles. The van der Waals surface area contributed by atoms with E-state index >= 15 is 0 Å². The van der Waals surface area contributed by atoms with Gasteiger partial charge in [-0.15, -0.1) is 11.6 Å². The lowest BCUT2D eigenvalue weighted by atomic mass is 9.82. The molecule has 0 saturated carbocycles. The van der Waals surface area contributed by atoms with E-state index in [-0.39, 0.29) is 5.41 Å². The zero-order valence-electron chi connectivity index (χ0n) is 9.30. The number of ether oxygens (including phenoxy) is 1. The Hall–Kier alpha value is -0.950. The second kappa shape index (κ2) is 3.57. The van der Waals surface area contributed by atoms with Gasteiger partial charge in [-0.05, 0) is 28.8 Å². The number of halogens is 1. The van der Waals surface area contributed by atoms with Crippen LogP contribution in [-0.2, 0) is 5.41 Å². The molecular weight excluding hydrogens is 208 g/mol. The average Bonchev–Trinajstić information content (AvgIpc) is 2.49. The molecule has 0 atom stereocenters. The van der Waals surface area contributed by atoms with Gasteiger partial charge in [0.05, 0.1) is 7.11 Å². The summed E-state index contributed by atoms with van der Waals surface area (Å²) in [5.41, 5.74) is 3.89. The normalized spacial score (nSPS) is 17.2. The van der Waals surface area contributed by atoms with Crippen molar-refractivity contribution >= 4 is 17.7 Å². The lowest BCUT2D eigenvalue weighted by Crippen LogP contribution is -2.17. The topological polar surface area (TPSA) is 9.23 Å². The largest absolute Gasteiger partial charge is 0.497 e. The van der Waals surface area contributed by atoms with Crippen molar-refractivity contribution < 1.29 is 4.74 Å². The van der Waals surface area contributed by atoms with Crippen molar-refractivity contribution in [3.05, 3.63) is 34.9 Å². The summed E-state index contributed by atoms with van der Waals surface area (Å²) in [7, 11) is 1.69. The molecule has 0 fully saturated rings. The third-order valence-electron chi connectivity index (χ3n) is 3.21. The van der Waals surface area contributed by atoms with E-state index in [9.17, 15) is 0 Å². The van der Waals surface area contributed by atoms with Crippen LogP contribution in [0.5, 0.6) is 5.75 Å². The number of rotatable bonds is 2. The minimum atomic E-state index is 0.0589. The molecule has 0 aromatic heterocycles. The summed E-state index contributed by atoms with van der Waals surface area (Å²) >= 11 is 5.96. The number of hydrogen-bond acceptors (Lipinski definition) is 1. The standard InChI is InChI=1S/C13H15ClO/c1-13(2)10(8-14)6-9-7-11(15-3)4-5-12(9)13/h4-7H,8H2,1-3H3.